The molecule has 1 atom stereocenters. The molecule has 2 aromatic rings. The highest BCUT2D eigenvalue weighted by Gasteiger charge is 2.23. The summed E-state index contributed by atoms with van der Waals surface area (Å²) in [5, 5.41) is 13.0. The van der Waals surface area contributed by atoms with Crippen LogP contribution in [0.25, 0.3) is 5.69 Å². The minimum absolute atomic E-state index is 0.0307. The van der Waals surface area contributed by atoms with Gasteiger partial charge in [0.15, 0.2) is 5.84 Å². The lowest BCUT2D eigenvalue weighted by molar-refractivity contribution is -0.698. The molecule has 4 N–H and O–H groups in total. The number of nitrogens with two attached hydrogens (primary N) is 1. The minimum Gasteiger partial charge on any atom is -0.481 e. The van der Waals surface area contributed by atoms with E-state index in [1.54, 1.807) is 16.3 Å². The van der Waals surface area contributed by atoms with Crippen molar-refractivity contribution in [2.24, 2.45) is 4.99 Å². The van der Waals surface area contributed by atoms with Crippen LogP contribution in [0.3, 0.4) is 0 Å². The zero-order valence-corrected chi connectivity index (χ0v) is 11.8. The van der Waals surface area contributed by atoms with Crippen molar-refractivity contribution in [2.75, 3.05) is 5.75 Å². The number of aromatic nitrogens is 2. The van der Waals surface area contributed by atoms with Crippen molar-refractivity contribution in [1.29, 1.82) is 0 Å². The first kappa shape index (κ1) is 13.7. The molecule has 0 radical (unpaired) electrons. The summed E-state index contributed by atoms with van der Waals surface area (Å²) in [6, 6.07) is 9.80. The van der Waals surface area contributed by atoms with Crippen LogP contribution in [0.5, 0.6) is 0 Å². The number of aliphatic carboxylic acids is 1. The molecule has 8 heteroatoms. The Morgan fingerprint density at radius 2 is 2.24 bits per heavy atom. The molecule has 3 rings (SSSR count). The number of aliphatic imine (C=N–C) groups is 1. The van der Waals surface area contributed by atoms with Crippen LogP contribution in [0.2, 0.25) is 0 Å². The van der Waals surface area contributed by atoms with Crippen LogP contribution >= 0.6 is 11.8 Å². The van der Waals surface area contributed by atoms with Crippen LogP contribution in [0.4, 0.5) is 0 Å². The van der Waals surface area contributed by atoms with Crippen molar-refractivity contribution >= 4 is 23.6 Å². The van der Waals surface area contributed by atoms with Gasteiger partial charge in [0.1, 0.15) is 0 Å². The Kier molecular flexibility index (Phi) is 3.89. The monoisotopic (exact) mass is 304 g/mol. The van der Waals surface area contributed by atoms with Gasteiger partial charge in [-0.2, -0.15) is 10.1 Å². The van der Waals surface area contributed by atoms with E-state index in [9.17, 15) is 4.79 Å². The third kappa shape index (κ3) is 3.23. The fourth-order valence-corrected chi connectivity index (χ4v) is 2.58. The summed E-state index contributed by atoms with van der Waals surface area (Å²) in [5.74, 6) is -0.0999. The smallest absolute Gasteiger partial charge is 0.313 e. The summed E-state index contributed by atoms with van der Waals surface area (Å²) in [6.45, 7) is 0. The molecular formula is C13H14N5O2S+. The molecule has 21 heavy (non-hydrogen) atoms. The Hall–Kier alpha value is -2.32. The van der Waals surface area contributed by atoms with E-state index in [4.69, 9.17) is 5.11 Å². The third-order valence-corrected chi connectivity index (χ3v) is 3.87. The number of carboxylic acid groups (broad SMARTS) is 1. The lowest BCUT2D eigenvalue weighted by Crippen LogP contribution is -2.94. The highest BCUT2D eigenvalue weighted by atomic mass is 32.2. The van der Waals surface area contributed by atoms with Crippen molar-refractivity contribution < 1.29 is 15.3 Å². The highest BCUT2D eigenvalue weighted by molar-refractivity contribution is 8.00. The SMILES string of the molecule is O=C(O)CSC1N=C(c2cnn(-c3ccccc3)c2)N[NH2+]1. The Bertz CT molecular complexity index is 670. The van der Waals surface area contributed by atoms with Gasteiger partial charge in [-0.15, -0.1) is 0 Å². The van der Waals surface area contributed by atoms with E-state index in [-0.39, 0.29) is 11.3 Å². The van der Waals surface area contributed by atoms with Crippen LogP contribution in [0, 0.1) is 0 Å². The fourth-order valence-electron chi connectivity index (χ4n) is 1.92. The molecule has 0 saturated heterocycles. The number of amidine groups is 1. The zero-order chi connectivity index (χ0) is 14.7. The number of rotatable bonds is 5. The Morgan fingerprint density at radius 3 is 3.00 bits per heavy atom. The van der Waals surface area contributed by atoms with Gasteiger partial charge in [0.05, 0.1) is 23.2 Å². The van der Waals surface area contributed by atoms with E-state index in [1.165, 1.54) is 11.8 Å². The number of benzene rings is 1. The number of quaternary nitrogens is 1. The second-order valence-electron chi connectivity index (χ2n) is 4.39. The lowest BCUT2D eigenvalue weighted by Gasteiger charge is -1.99. The van der Waals surface area contributed by atoms with E-state index < -0.39 is 5.97 Å². The molecule has 1 aliphatic heterocycles. The van der Waals surface area contributed by atoms with Crippen molar-refractivity contribution in [1.82, 2.24) is 15.2 Å². The molecule has 1 aromatic carbocycles. The van der Waals surface area contributed by atoms with Gasteiger partial charge in [-0.1, -0.05) is 30.0 Å². The van der Waals surface area contributed by atoms with E-state index in [2.05, 4.69) is 15.5 Å². The van der Waals surface area contributed by atoms with Gasteiger partial charge in [-0.05, 0) is 12.1 Å². The first-order valence-corrected chi connectivity index (χ1v) is 7.39. The number of hydrogen-bond acceptors (Lipinski definition) is 5. The van der Waals surface area contributed by atoms with Gasteiger partial charge in [-0.3, -0.25) is 4.79 Å². The fraction of sp³-hybridized carbons (Fsp3) is 0.154. The number of nitrogens with one attached hydrogen (secondary N) is 1. The summed E-state index contributed by atoms with van der Waals surface area (Å²) in [6.07, 6.45) is 3.62. The molecule has 0 amide bonds. The molecule has 1 aromatic heterocycles. The second-order valence-corrected chi connectivity index (χ2v) is 5.50. The predicted molar refractivity (Wildman–Crippen MR) is 79.0 cm³/mol. The van der Waals surface area contributed by atoms with Crippen molar-refractivity contribution in [2.45, 2.75) is 5.50 Å². The number of hydrogen-bond donors (Lipinski definition) is 3. The number of thioether (sulfide) groups is 1. The van der Waals surface area contributed by atoms with Crippen LogP contribution < -0.4 is 10.9 Å². The Labute approximate surface area is 125 Å². The number of carboxylic acids is 1. The topological polar surface area (TPSA) is 96.1 Å². The largest absolute Gasteiger partial charge is 0.481 e. The van der Waals surface area contributed by atoms with Gasteiger partial charge >= 0.3 is 5.97 Å². The van der Waals surface area contributed by atoms with Crippen LogP contribution in [0.15, 0.2) is 47.7 Å². The molecule has 0 bridgehead atoms. The lowest BCUT2D eigenvalue weighted by atomic mass is 10.3. The summed E-state index contributed by atoms with van der Waals surface area (Å²) >= 11 is 1.26. The normalized spacial score (nSPS) is 17.3. The van der Waals surface area contributed by atoms with E-state index in [1.807, 2.05) is 36.5 Å². The van der Waals surface area contributed by atoms with Crippen molar-refractivity contribution in [3.8, 4) is 5.69 Å². The first-order valence-electron chi connectivity index (χ1n) is 6.34. The summed E-state index contributed by atoms with van der Waals surface area (Å²) in [7, 11) is 0. The van der Waals surface area contributed by atoms with Gasteiger partial charge in [0, 0.05) is 6.20 Å². The molecule has 0 spiro atoms. The van der Waals surface area contributed by atoms with Crippen LogP contribution in [-0.2, 0) is 4.79 Å². The average Bonchev–Trinajstić information content (AvgIpc) is 3.15. The standard InChI is InChI=1S/C13H13N5O2S/c19-11(20)8-21-13-15-12(16-17-13)9-6-14-18(7-9)10-4-2-1-3-5-10/h1-7,13,17H,8H2,(H,15,16)(H,19,20)/p+1. The molecule has 1 aliphatic rings. The first-order chi connectivity index (χ1) is 10.2. The maximum atomic E-state index is 10.6. The second kappa shape index (κ2) is 5.98. The summed E-state index contributed by atoms with van der Waals surface area (Å²) in [4.78, 5) is 15.0. The molecule has 1 unspecified atom stereocenters. The summed E-state index contributed by atoms with van der Waals surface area (Å²) < 4.78 is 1.78. The molecule has 0 saturated carbocycles. The zero-order valence-electron chi connectivity index (χ0n) is 11.0. The Balaban J connectivity index is 1.72. The highest BCUT2D eigenvalue weighted by Crippen LogP contribution is 2.12. The minimum atomic E-state index is -0.839. The van der Waals surface area contributed by atoms with E-state index >= 15 is 0 Å². The maximum Gasteiger partial charge on any atom is 0.313 e. The maximum absolute atomic E-state index is 10.6. The van der Waals surface area contributed by atoms with Gasteiger partial charge in [0.2, 0.25) is 0 Å². The molecule has 108 valence electrons. The van der Waals surface area contributed by atoms with Crippen LogP contribution in [0.1, 0.15) is 5.56 Å². The van der Waals surface area contributed by atoms with Crippen LogP contribution in [-0.4, -0.2) is 37.9 Å². The number of carbonyl (C=O) groups is 1. The summed E-state index contributed by atoms with van der Waals surface area (Å²) in [5.41, 5.74) is 6.51. The Morgan fingerprint density at radius 1 is 1.43 bits per heavy atom. The molecule has 0 aliphatic carbocycles. The van der Waals surface area contributed by atoms with Gasteiger partial charge in [-0.25, -0.2) is 15.5 Å². The predicted octanol–water partition coefficient (Wildman–Crippen LogP) is -0.198. The quantitative estimate of drug-likeness (QED) is 0.665. The van der Waals surface area contributed by atoms with Crippen molar-refractivity contribution in [3.05, 3.63) is 48.3 Å². The third-order valence-electron chi connectivity index (χ3n) is 2.87. The molecule has 7 nitrogen and oxygen atoms in total. The average molecular weight is 304 g/mol. The van der Waals surface area contributed by atoms with E-state index in [0.29, 0.717) is 5.84 Å². The number of para-hydroxylation sites is 1. The molecular weight excluding hydrogens is 290 g/mol. The van der Waals surface area contributed by atoms with Gasteiger partial charge in [0.25, 0.3) is 5.50 Å². The van der Waals surface area contributed by atoms with Gasteiger partial charge < -0.3 is 5.11 Å². The van der Waals surface area contributed by atoms with E-state index in [0.717, 1.165) is 11.3 Å². The molecule has 0 fully saturated rings. The van der Waals surface area contributed by atoms with Crippen molar-refractivity contribution in [3.63, 3.8) is 0 Å². The number of nitrogens with zero attached hydrogens (tertiary/aromatic N) is 3. The molecule has 2 heterocycles.